The van der Waals surface area contributed by atoms with Crippen molar-refractivity contribution in [3.63, 3.8) is 0 Å². The lowest BCUT2D eigenvalue weighted by molar-refractivity contribution is 1.05. The van der Waals surface area contributed by atoms with E-state index in [-0.39, 0.29) is 0 Å². The van der Waals surface area contributed by atoms with E-state index in [1.54, 1.807) is 0 Å². The summed E-state index contributed by atoms with van der Waals surface area (Å²) >= 11 is 0. The van der Waals surface area contributed by atoms with E-state index in [0.29, 0.717) is 0 Å². The van der Waals surface area contributed by atoms with Crippen molar-refractivity contribution in [1.29, 1.82) is 0 Å². The van der Waals surface area contributed by atoms with Crippen molar-refractivity contribution in [2.45, 2.75) is 46.5 Å². The zero-order valence-electron chi connectivity index (χ0n) is 24.3. The fraction of sp³-hybridized carbons (Fsp3) is 0.243. The fourth-order valence-electron chi connectivity index (χ4n) is 6.14. The summed E-state index contributed by atoms with van der Waals surface area (Å²) in [6, 6.07) is 26.2. The van der Waals surface area contributed by atoms with Crippen LogP contribution in [-0.2, 0) is 12.8 Å². The Balaban J connectivity index is 1.45. The van der Waals surface area contributed by atoms with Crippen molar-refractivity contribution in [3.05, 3.63) is 106 Å². The quantitative estimate of drug-likeness (QED) is 0.220. The number of anilines is 2. The van der Waals surface area contributed by atoms with Gasteiger partial charge < -0.3 is 10.6 Å². The molecule has 2 N–H and O–H groups in total. The molecule has 4 nitrogen and oxygen atoms in total. The standard InChI is InChI=1S/C37H38N4/c1-4-38-30-15-7-25(8-16-30)23-28-13-21-33-35(27-11-19-32(20-12-27)40-6-3)34-22-14-29(37(34)41-36(28)33)24-26-9-17-31(18-10-26)39-5-2/h4,7-12,15-20,23-24,39-40H,5-6,13-14,21-22H2,1-3H3/b28-23+,29-24+,38-4?. The van der Waals surface area contributed by atoms with Gasteiger partial charge in [-0.05, 0) is 140 Å². The normalized spacial score (nSPS) is 16.0. The van der Waals surface area contributed by atoms with Crippen LogP contribution in [0.15, 0.2) is 77.8 Å². The maximum absolute atomic E-state index is 5.43. The molecule has 2 aliphatic carbocycles. The molecule has 0 radical (unpaired) electrons. The summed E-state index contributed by atoms with van der Waals surface area (Å²) in [7, 11) is 0. The molecule has 0 atom stereocenters. The smallest absolute Gasteiger partial charge is 0.0707 e. The number of pyridine rings is 1. The largest absolute Gasteiger partial charge is 0.385 e. The molecule has 2 aliphatic rings. The first kappa shape index (κ1) is 26.8. The second-order valence-electron chi connectivity index (χ2n) is 10.7. The average molecular weight is 539 g/mol. The van der Waals surface area contributed by atoms with Gasteiger partial charge in [0.25, 0.3) is 0 Å². The van der Waals surface area contributed by atoms with Gasteiger partial charge in [0.05, 0.1) is 17.1 Å². The Morgan fingerprint density at radius 3 is 1.63 bits per heavy atom. The number of benzene rings is 3. The third-order valence-corrected chi connectivity index (χ3v) is 7.99. The molecule has 3 aromatic carbocycles. The Morgan fingerprint density at radius 2 is 1.15 bits per heavy atom. The number of aliphatic imine (C=N–C) groups is 1. The number of aromatic nitrogens is 1. The summed E-state index contributed by atoms with van der Waals surface area (Å²) in [6.07, 6.45) is 10.6. The molecule has 6 rings (SSSR count). The van der Waals surface area contributed by atoms with Crippen molar-refractivity contribution >= 4 is 46.6 Å². The van der Waals surface area contributed by atoms with Crippen molar-refractivity contribution in [1.82, 2.24) is 4.98 Å². The Kier molecular flexibility index (Phi) is 7.82. The first-order valence-corrected chi connectivity index (χ1v) is 14.9. The number of hydrogen-bond acceptors (Lipinski definition) is 4. The van der Waals surface area contributed by atoms with Gasteiger partial charge in [-0.15, -0.1) is 0 Å². The van der Waals surface area contributed by atoms with Crippen molar-refractivity contribution in [2.75, 3.05) is 23.7 Å². The van der Waals surface area contributed by atoms with Crippen LogP contribution in [0, 0.1) is 0 Å². The van der Waals surface area contributed by atoms with Gasteiger partial charge in [0, 0.05) is 30.7 Å². The van der Waals surface area contributed by atoms with Gasteiger partial charge in [0.2, 0.25) is 0 Å². The molecule has 4 aromatic rings. The molecule has 0 spiro atoms. The summed E-state index contributed by atoms with van der Waals surface area (Å²) in [5.41, 5.74) is 16.2. The molecule has 1 heterocycles. The Bertz CT molecular complexity index is 1620. The highest BCUT2D eigenvalue weighted by molar-refractivity contribution is 5.93. The van der Waals surface area contributed by atoms with Gasteiger partial charge in [-0.1, -0.05) is 36.4 Å². The minimum atomic E-state index is 0.920. The van der Waals surface area contributed by atoms with E-state index >= 15 is 0 Å². The summed E-state index contributed by atoms with van der Waals surface area (Å²) in [5.74, 6) is 0. The van der Waals surface area contributed by atoms with Crippen molar-refractivity contribution in [2.24, 2.45) is 4.99 Å². The first-order valence-electron chi connectivity index (χ1n) is 14.9. The van der Waals surface area contributed by atoms with Crippen molar-refractivity contribution in [3.8, 4) is 11.1 Å². The topological polar surface area (TPSA) is 49.3 Å². The van der Waals surface area contributed by atoms with Crippen LogP contribution < -0.4 is 10.6 Å². The molecule has 41 heavy (non-hydrogen) atoms. The van der Waals surface area contributed by atoms with Crippen molar-refractivity contribution < 1.29 is 0 Å². The van der Waals surface area contributed by atoms with Crippen LogP contribution in [0.5, 0.6) is 0 Å². The van der Waals surface area contributed by atoms with Gasteiger partial charge in [-0.2, -0.15) is 0 Å². The molecule has 0 amide bonds. The number of hydrogen-bond donors (Lipinski definition) is 2. The lowest BCUT2D eigenvalue weighted by Gasteiger charge is -2.16. The molecule has 0 saturated carbocycles. The predicted molar refractivity (Wildman–Crippen MR) is 177 cm³/mol. The number of nitrogens with one attached hydrogen (secondary N) is 2. The van der Waals surface area contributed by atoms with Gasteiger partial charge in [0.15, 0.2) is 0 Å². The van der Waals surface area contributed by atoms with Crippen LogP contribution in [-0.4, -0.2) is 24.3 Å². The molecule has 4 heteroatoms. The van der Waals surface area contributed by atoms with E-state index < -0.39 is 0 Å². The lowest BCUT2D eigenvalue weighted by atomic mass is 9.92. The molecule has 1 aromatic heterocycles. The zero-order valence-corrected chi connectivity index (χ0v) is 24.3. The van der Waals surface area contributed by atoms with Crippen LogP contribution in [0.3, 0.4) is 0 Å². The van der Waals surface area contributed by atoms with Gasteiger partial charge in [-0.25, -0.2) is 4.98 Å². The second-order valence-corrected chi connectivity index (χ2v) is 10.7. The maximum Gasteiger partial charge on any atom is 0.0707 e. The third kappa shape index (κ3) is 5.60. The van der Waals surface area contributed by atoms with Gasteiger partial charge in [0.1, 0.15) is 0 Å². The summed E-state index contributed by atoms with van der Waals surface area (Å²) in [6.45, 7) is 8.05. The predicted octanol–water partition coefficient (Wildman–Crippen LogP) is 9.31. The third-order valence-electron chi connectivity index (χ3n) is 7.99. The minimum absolute atomic E-state index is 0.920. The fourth-order valence-corrected chi connectivity index (χ4v) is 6.14. The summed E-state index contributed by atoms with van der Waals surface area (Å²) < 4.78 is 0. The highest BCUT2D eigenvalue weighted by atomic mass is 14.9. The Morgan fingerprint density at radius 1 is 0.659 bits per heavy atom. The number of fused-ring (bicyclic) bond motifs is 2. The summed E-state index contributed by atoms with van der Waals surface area (Å²) in [4.78, 5) is 9.83. The van der Waals surface area contributed by atoms with Crippen LogP contribution in [0.1, 0.15) is 67.3 Å². The van der Waals surface area contributed by atoms with Gasteiger partial charge in [-0.3, -0.25) is 4.99 Å². The number of rotatable bonds is 8. The zero-order chi connectivity index (χ0) is 28.2. The van der Waals surface area contributed by atoms with Crippen LogP contribution >= 0.6 is 0 Å². The SMILES string of the molecule is CC=Nc1ccc(/C=C2\CCc3c2nc2c(c3-c3ccc(NCC)cc3)CC/C2=C\c2ccc(NCC)cc2)cc1. The van der Waals surface area contributed by atoms with Gasteiger partial charge >= 0.3 is 0 Å². The molecule has 0 bridgehead atoms. The van der Waals surface area contributed by atoms with Crippen LogP contribution in [0.2, 0.25) is 0 Å². The Hall–Kier alpha value is -4.44. The highest BCUT2D eigenvalue weighted by Gasteiger charge is 2.30. The molecule has 0 unspecified atom stereocenters. The molecule has 0 fully saturated rings. The van der Waals surface area contributed by atoms with E-state index in [9.17, 15) is 0 Å². The first-order chi connectivity index (χ1) is 20.2. The van der Waals surface area contributed by atoms with Crippen LogP contribution in [0.4, 0.5) is 17.1 Å². The average Bonchev–Trinajstić information content (AvgIpc) is 3.58. The lowest BCUT2D eigenvalue weighted by Crippen LogP contribution is -2.01. The van der Waals surface area contributed by atoms with E-state index in [1.165, 1.54) is 55.9 Å². The monoisotopic (exact) mass is 538 g/mol. The van der Waals surface area contributed by atoms with E-state index in [4.69, 9.17) is 4.98 Å². The van der Waals surface area contributed by atoms with E-state index in [2.05, 4.69) is 114 Å². The molecular formula is C37H38N4. The number of nitrogens with zero attached hydrogens (tertiary/aromatic N) is 2. The second kappa shape index (κ2) is 12.0. The number of allylic oxidation sites excluding steroid dienone is 2. The molecule has 206 valence electrons. The minimum Gasteiger partial charge on any atom is -0.385 e. The maximum atomic E-state index is 5.43. The van der Waals surface area contributed by atoms with E-state index in [1.807, 2.05) is 13.1 Å². The van der Waals surface area contributed by atoms with Crippen LogP contribution in [0.25, 0.3) is 34.4 Å². The summed E-state index contributed by atoms with van der Waals surface area (Å²) in [5, 5.41) is 6.83. The Labute approximate surface area is 244 Å². The molecule has 0 saturated heterocycles. The molecule has 0 aliphatic heterocycles. The highest BCUT2D eigenvalue weighted by Crippen LogP contribution is 2.46. The molecular weight excluding hydrogens is 500 g/mol. The van der Waals surface area contributed by atoms with E-state index in [0.717, 1.165) is 55.8 Å².